The Morgan fingerprint density at radius 1 is 1.03 bits per heavy atom. The van der Waals surface area contributed by atoms with Crippen molar-refractivity contribution in [3.8, 4) is 22.6 Å². The van der Waals surface area contributed by atoms with E-state index in [2.05, 4.69) is 9.88 Å². The van der Waals surface area contributed by atoms with Crippen molar-refractivity contribution in [1.82, 2.24) is 9.88 Å². The van der Waals surface area contributed by atoms with Gasteiger partial charge in [0.15, 0.2) is 0 Å². The number of phenolic OH excluding ortho intramolecular Hbond substituents is 1. The van der Waals surface area contributed by atoms with Gasteiger partial charge in [-0.1, -0.05) is 18.6 Å². The summed E-state index contributed by atoms with van der Waals surface area (Å²) in [7, 11) is 0. The molecule has 0 saturated carbocycles. The number of pyridine rings is 1. The number of fused-ring (bicyclic) bond motifs is 3. The predicted octanol–water partition coefficient (Wildman–Crippen LogP) is 4.98. The number of aromatic nitrogens is 1. The number of nitrogens with zero attached hydrogens (tertiary/aromatic N) is 1. The number of hydrogen-bond acceptors (Lipinski definition) is 5. The Balaban J connectivity index is 1.43. The molecule has 0 bridgehead atoms. The number of rotatable bonds is 5. The topological polar surface area (TPSA) is 65.6 Å². The summed E-state index contributed by atoms with van der Waals surface area (Å²) in [4.78, 5) is 17.7. The lowest BCUT2D eigenvalue weighted by atomic mass is 9.97. The van der Waals surface area contributed by atoms with Gasteiger partial charge in [0.1, 0.15) is 22.8 Å². The van der Waals surface area contributed by atoms with Crippen molar-refractivity contribution >= 4 is 32.3 Å². The quantitative estimate of drug-likeness (QED) is 0.478. The SMILES string of the molecule is O=c1[nH]c2ccc(O)c(-c3ccc(OCCN4CCCCC4)cc3)c2c2ccsc12. The summed E-state index contributed by atoms with van der Waals surface area (Å²) in [5, 5.41) is 14.3. The van der Waals surface area contributed by atoms with Gasteiger partial charge in [-0.15, -0.1) is 11.3 Å². The van der Waals surface area contributed by atoms with E-state index in [9.17, 15) is 9.90 Å². The van der Waals surface area contributed by atoms with Gasteiger partial charge in [0, 0.05) is 28.4 Å². The number of ether oxygens (including phenoxy) is 1. The van der Waals surface area contributed by atoms with E-state index in [0.717, 1.165) is 39.7 Å². The molecule has 0 aliphatic carbocycles. The predicted molar refractivity (Wildman–Crippen MR) is 123 cm³/mol. The van der Waals surface area contributed by atoms with Crippen LogP contribution in [0.3, 0.4) is 0 Å². The molecule has 30 heavy (non-hydrogen) atoms. The lowest BCUT2D eigenvalue weighted by molar-refractivity contribution is 0.183. The molecule has 2 aromatic carbocycles. The second kappa shape index (κ2) is 8.13. The van der Waals surface area contributed by atoms with Gasteiger partial charge in [-0.3, -0.25) is 9.69 Å². The summed E-state index contributed by atoms with van der Waals surface area (Å²) >= 11 is 1.41. The Morgan fingerprint density at radius 2 is 1.83 bits per heavy atom. The monoisotopic (exact) mass is 420 g/mol. The Kier molecular flexibility index (Phi) is 5.19. The molecule has 0 radical (unpaired) electrons. The molecule has 3 heterocycles. The Labute approximate surface area is 178 Å². The molecule has 1 fully saturated rings. The third kappa shape index (κ3) is 3.57. The molecule has 154 valence electrons. The van der Waals surface area contributed by atoms with Crippen LogP contribution < -0.4 is 10.3 Å². The molecular formula is C24H24N2O3S. The van der Waals surface area contributed by atoms with Crippen LogP contribution in [0.5, 0.6) is 11.5 Å². The lowest BCUT2D eigenvalue weighted by Crippen LogP contribution is -2.33. The molecule has 1 saturated heterocycles. The van der Waals surface area contributed by atoms with Crippen molar-refractivity contribution in [2.24, 2.45) is 0 Å². The highest BCUT2D eigenvalue weighted by molar-refractivity contribution is 7.17. The molecule has 1 aliphatic heterocycles. The zero-order chi connectivity index (χ0) is 20.5. The highest BCUT2D eigenvalue weighted by Crippen LogP contribution is 2.40. The van der Waals surface area contributed by atoms with E-state index in [-0.39, 0.29) is 11.3 Å². The molecule has 5 nitrogen and oxygen atoms in total. The van der Waals surface area contributed by atoms with Crippen LogP contribution in [0.15, 0.2) is 52.6 Å². The van der Waals surface area contributed by atoms with Crippen molar-refractivity contribution in [3.05, 3.63) is 58.2 Å². The first kappa shape index (κ1) is 19.2. The lowest BCUT2D eigenvalue weighted by Gasteiger charge is -2.26. The first-order valence-electron chi connectivity index (χ1n) is 10.4. The van der Waals surface area contributed by atoms with E-state index in [1.54, 1.807) is 12.1 Å². The second-order valence-corrected chi connectivity index (χ2v) is 8.69. The van der Waals surface area contributed by atoms with Crippen molar-refractivity contribution < 1.29 is 9.84 Å². The molecule has 6 heteroatoms. The van der Waals surface area contributed by atoms with Gasteiger partial charge in [0.25, 0.3) is 5.56 Å². The molecule has 2 N–H and O–H groups in total. The maximum Gasteiger partial charge on any atom is 0.266 e. The molecule has 5 rings (SSSR count). The largest absolute Gasteiger partial charge is 0.507 e. The minimum Gasteiger partial charge on any atom is -0.507 e. The van der Waals surface area contributed by atoms with Gasteiger partial charge in [-0.25, -0.2) is 0 Å². The van der Waals surface area contributed by atoms with Crippen LogP contribution >= 0.6 is 11.3 Å². The summed E-state index contributed by atoms with van der Waals surface area (Å²) in [6.07, 6.45) is 3.91. The van der Waals surface area contributed by atoms with Crippen molar-refractivity contribution in [2.45, 2.75) is 19.3 Å². The number of phenols is 1. The van der Waals surface area contributed by atoms with E-state index < -0.39 is 0 Å². The first-order valence-corrected chi connectivity index (χ1v) is 11.3. The fourth-order valence-corrected chi connectivity index (χ4v) is 5.12. The number of aromatic amines is 1. The number of benzene rings is 2. The average molecular weight is 421 g/mol. The first-order chi connectivity index (χ1) is 14.7. The van der Waals surface area contributed by atoms with Gasteiger partial charge in [-0.2, -0.15) is 0 Å². The number of piperidine rings is 1. The minimum atomic E-state index is -0.0957. The summed E-state index contributed by atoms with van der Waals surface area (Å²) in [6.45, 7) is 3.97. The number of nitrogens with one attached hydrogen (secondary N) is 1. The maximum atomic E-state index is 12.3. The Morgan fingerprint density at radius 3 is 2.63 bits per heavy atom. The molecule has 0 unspecified atom stereocenters. The fraction of sp³-hybridized carbons (Fsp3) is 0.292. The molecule has 4 aromatic rings. The van der Waals surface area contributed by atoms with Crippen LogP contribution in [-0.4, -0.2) is 41.2 Å². The Bertz CT molecular complexity index is 1240. The number of likely N-dealkylation sites (tertiary alicyclic amines) is 1. The van der Waals surface area contributed by atoms with Gasteiger partial charge < -0.3 is 14.8 Å². The highest BCUT2D eigenvalue weighted by Gasteiger charge is 2.15. The second-order valence-electron chi connectivity index (χ2n) is 7.77. The Hall–Kier alpha value is -2.83. The van der Waals surface area contributed by atoms with Crippen molar-refractivity contribution in [2.75, 3.05) is 26.2 Å². The van der Waals surface area contributed by atoms with Gasteiger partial charge in [-0.05, 0) is 67.2 Å². The highest BCUT2D eigenvalue weighted by atomic mass is 32.1. The van der Waals surface area contributed by atoms with Crippen LogP contribution in [-0.2, 0) is 0 Å². The van der Waals surface area contributed by atoms with E-state index >= 15 is 0 Å². The normalized spacial score (nSPS) is 15.1. The molecule has 0 amide bonds. The van der Waals surface area contributed by atoms with Crippen LogP contribution in [0.2, 0.25) is 0 Å². The number of aromatic hydroxyl groups is 1. The van der Waals surface area contributed by atoms with Gasteiger partial charge in [0.2, 0.25) is 0 Å². The van der Waals surface area contributed by atoms with Crippen LogP contribution in [0, 0.1) is 0 Å². The summed E-state index contributed by atoms with van der Waals surface area (Å²) in [6, 6.07) is 13.2. The maximum absolute atomic E-state index is 12.3. The van der Waals surface area contributed by atoms with E-state index in [1.807, 2.05) is 35.7 Å². The van der Waals surface area contributed by atoms with E-state index in [4.69, 9.17) is 4.74 Å². The van der Waals surface area contributed by atoms with Crippen LogP contribution in [0.25, 0.3) is 32.1 Å². The third-order valence-corrected chi connectivity index (χ3v) is 6.75. The minimum absolute atomic E-state index is 0.0957. The molecule has 1 aliphatic rings. The zero-order valence-electron chi connectivity index (χ0n) is 16.7. The van der Waals surface area contributed by atoms with E-state index in [1.165, 1.54) is 43.7 Å². The summed E-state index contributed by atoms with van der Waals surface area (Å²) < 4.78 is 6.61. The van der Waals surface area contributed by atoms with Crippen LogP contribution in [0.1, 0.15) is 19.3 Å². The number of H-pyrrole nitrogens is 1. The summed E-state index contributed by atoms with van der Waals surface area (Å²) in [5.41, 5.74) is 2.25. The third-order valence-electron chi connectivity index (χ3n) is 5.84. The molecular weight excluding hydrogens is 396 g/mol. The van der Waals surface area contributed by atoms with Gasteiger partial charge in [0.05, 0.1) is 0 Å². The van der Waals surface area contributed by atoms with E-state index in [0.29, 0.717) is 11.3 Å². The molecule has 0 atom stereocenters. The summed E-state index contributed by atoms with van der Waals surface area (Å²) in [5.74, 6) is 1.02. The van der Waals surface area contributed by atoms with Crippen molar-refractivity contribution in [3.63, 3.8) is 0 Å². The van der Waals surface area contributed by atoms with Crippen LogP contribution in [0.4, 0.5) is 0 Å². The smallest absolute Gasteiger partial charge is 0.266 e. The van der Waals surface area contributed by atoms with Gasteiger partial charge >= 0.3 is 0 Å². The number of thiophene rings is 1. The number of hydrogen-bond donors (Lipinski definition) is 2. The standard InChI is InChI=1S/C24H24N2O3S/c27-20-9-8-19-22(18-10-15-30-23(18)24(28)25-19)21(20)16-4-6-17(7-5-16)29-14-13-26-11-2-1-3-12-26/h4-10,15,27H,1-3,11-14H2,(H,25,28). The molecule has 2 aromatic heterocycles. The molecule has 0 spiro atoms. The zero-order valence-corrected chi connectivity index (χ0v) is 17.5. The fourth-order valence-electron chi connectivity index (χ4n) is 4.32. The van der Waals surface area contributed by atoms with Crippen molar-refractivity contribution in [1.29, 1.82) is 0 Å². The average Bonchev–Trinajstić information content (AvgIpc) is 3.27.